The average molecular weight is 237 g/mol. The highest BCUT2D eigenvalue weighted by Gasteiger charge is 2.24. The third-order valence-electron chi connectivity index (χ3n) is 2.93. The minimum absolute atomic E-state index is 0.00346. The third kappa shape index (κ3) is 2.72. The molecule has 0 aliphatic carbocycles. The zero-order chi connectivity index (χ0) is 13.2. The summed E-state index contributed by atoms with van der Waals surface area (Å²) >= 11 is 0. The van der Waals surface area contributed by atoms with Gasteiger partial charge in [-0.15, -0.1) is 0 Å². The fourth-order valence-electron chi connectivity index (χ4n) is 1.61. The van der Waals surface area contributed by atoms with Crippen LogP contribution in [0, 0.1) is 13.8 Å². The first-order valence-electron chi connectivity index (χ1n) is 5.73. The van der Waals surface area contributed by atoms with Crippen molar-refractivity contribution in [3.8, 4) is 0 Å². The standard InChI is InChI=1S/C12H19N3O2/c1-6-7(2)13-12(17)11(16)10-8(3)14-15(5)9(10)4/h7H,6H2,1-5H3,(H,13,17)/t7-/m1/s1. The van der Waals surface area contributed by atoms with Crippen LogP contribution >= 0.6 is 0 Å². The molecule has 0 aromatic carbocycles. The lowest BCUT2D eigenvalue weighted by molar-refractivity contribution is -0.117. The van der Waals surface area contributed by atoms with Gasteiger partial charge < -0.3 is 5.32 Å². The van der Waals surface area contributed by atoms with Gasteiger partial charge in [-0.3, -0.25) is 14.3 Å². The van der Waals surface area contributed by atoms with E-state index < -0.39 is 11.7 Å². The summed E-state index contributed by atoms with van der Waals surface area (Å²) in [5.41, 5.74) is 1.72. The molecular weight excluding hydrogens is 218 g/mol. The number of nitrogens with zero attached hydrogens (tertiary/aromatic N) is 2. The summed E-state index contributed by atoms with van der Waals surface area (Å²) in [5.74, 6) is -1.06. The molecule has 17 heavy (non-hydrogen) atoms. The SMILES string of the molecule is CC[C@@H](C)NC(=O)C(=O)c1c(C)nn(C)c1C. The molecule has 1 amide bonds. The minimum Gasteiger partial charge on any atom is -0.347 e. The van der Waals surface area contributed by atoms with Crippen LogP contribution in [-0.2, 0) is 11.8 Å². The molecule has 94 valence electrons. The van der Waals surface area contributed by atoms with E-state index in [0.717, 1.165) is 6.42 Å². The third-order valence-corrected chi connectivity index (χ3v) is 2.93. The Morgan fingerprint density at radius 3 is 2.41 bits per heavy atom. The normalized spacial score (nSPS) is 12.3. The van der Waals surface area contributed by atoms with E-state index in [0.29, 0.717) is 17.0 Å². The Kier molecular flexibility index (Phi) is 4.04. The molecule has 1 heterocycles. The van der Waals surface area contributed by atoms with E-state index in [1.54, 1.807) is 25.6 Å². The van der Waals surface area contributed by atoms with Gasteiger partial charge in [-0.05, 0) is 27.2 Å². The van der Waals surface area contributed by atoms with E-state index in [9.17, 15) is 9.59 Å². The van der Waals surface area contributed by atoms with E-state index in [4.69, 9.17) is 0 Å². The van der Waals surface area contributed by atoms with Gasteiger partial charge in [0.05, 0.1) is 11.3 Å². The zero-order valence-corrected chi connectivity index (χ0v) is 11.0. The Balaban J connectivity index is 2.93. The van der Waals surface area contributed by atoms with Crippen LogP contribution < -0.4 is 5.32 Å². The summed E-state index contributed by atoms with van der Waals surface area (Å²) in [6.07, 6.45) is 0.796. The second kappa shape index (κ2) is 5.12. The summed E-state index contributed by atoms with van der Waals surface area (Å²) in [7, 11) is 1.76. The van der Waals surface area contributed by atoms with Crippen molar-refractivity contribution in [3.05, 3.63) is 17.0 Å². The Hall–Kier alpha value is -1.65. The highest BCUT2D eigenvalue weighted by Crippen LogP contribution is 2.12. The van der Waals surface area contributed by atoms with E-state index in [1.165, 1.54) is 0 Å². The molecule has 0 radical (unpaired) electrons. The number of hydrogen-bond donors (Lipinski definition) is 1. The topological polar surface area (TPSA) is 64.0 Å². The maximum Gasteiger partial charge on any atom is 0.292 e. The van der Waals surface area contributed by atoms with Crippen molar-refractivity contribution in [2.24, 2.45) is 7.05 Å². The molecule has 0 saturated carbocycles. The fraction of sp³-hybridized carbons (Fsp3) is 0.583. The Morgan fingerprint density at radius 1 is 1.41 bits per heavy atom. The number of aryl methyl sites for hydroxylation is 2. The lowest BCUT2D eigenvalue weighted by Crippen LogP contribution is -2.37. The highest BCUT2D eigenvalue weighted by atomic mass is 16.2. The van der Waals surface area contributed by atoms with Crippen LogP contribution in [0.25, 0.3) is 0 Å². The van der Waals surface area contributed by atoms with Crippen LogP contribution in [0.4, 0.5) is 0 Å². The van der Waals surface area contributed by atoms with Crippen LogP contribution in [0.15, 0.2) is 0 Å². The van der Waals surface area contributed by atoms with Crippen molar-refractivity contribution in [1.29, 1.82) is 0 Å². The molecule has 5 heteroatoms. The smallest absolute Gasteiger partial charge is 0.292 e. The van der Waals surface area contributed by atoms with Crippen molar-refractivity contribution in [2.75, 3.05) is 0 Å². The van der Waals surface area contributed by atoms with Gasteiger partial charge in [0.25, 0.3) is 11.7 Å². The molecule has 0 unspecified atom stereocenters. The van der Waals surface area contributed by atoms with Gasteiger partial charge in [-0.1, -0.05) is 6.92 Å². The summed E-state index contributed by atoms with van der Waals surface area (Å²) in [4.78, 5) is 23.7. The first-order chi connectivity index (χ1) is 7.88. The summed E-state index contributed by atoms with van der Waals surface area (Å²) in [5, 5.41) is 6.80. The van der Waals surface area contributed by atoms with E-state index in [1.807, 2.05) is 13.8 Å². The van der Waals surface area contributed by atoms with E-state index >= 15 is 0 Å². The molecule has 1 N–H and O–H groups in total. The second-order valence-corrected chi connectivity index (χ2v) is 4.28. The number of nitrogens with one attached hydrogen (secondary N) is 1. The van der Waals surface area contributed by atoms with Crippen molar-refractivity contribution in [2.45, 2.75) is 40.2 Å². The first kappa shape index (κ1) is 13.4. The van der Waals surface area contributed by atoms with Gasteiger partial charge in [0.1, 0.15) is 0 Å². The van der Waals surface area contributed by atoms with E-state index in [2.05, 4.69) is 10.4 Å². The van der Waals surface area contributed by atoms with Crippen molar-refractivity contribution in [3.63, 3.8) is 0 Å². The van der Waals surface area contributed by atoms with Crippen LogP contribution in [0.3, 0.4) is 0 Å². The van der Waals surface area contributed by atoms with Gasteiger partial charge in [-0.25, -0.2) is 0 Å². The molecule has 0 aliphatic heterocycles. The quantitative estimate of drug-likeness (QED) is 0.630. The maximum absolute atomic E-state index is 12.0. The van der Waals surface area contributed by atoms with Gasteiger partial charge >= 0.3 is 0 Å². The van der Waals surface area contributed by atoms with Crippen LogP contribution in [0.5, 0.6) is 0 Å². The predicted molar refractivity (Wildman–Crippen MR) is 64.9 cm³/mol. The van der Waals surface area contributed by atoms with Gasteiger partial charge in [0.2, 0.25) is 0 Å². The number of Topliss-reactive ketones (excluding diaryl/α,β-unsaturated/α-hetero) is 1. The molecule has 5 nitrogen and oxygen atoms in total. The number of aromatic nitrogens is 2. The number of amides is 1. The molecule has 1 aromatic rings. The zero-order valence-electron chi connectivity index (χ0n) is 11.0. The van der Waals surface area contributed by atoms with Gasteiger partial charge in [-0.2, -0.15) is 5.10 Å². The lowest BCUT2D eigenvalue weighted by atomic mass is 10.1. The first-order valence-corrected chi connectivity index (χ1v) is 5.73. The van der Waals surface area contributed by atoms with Crippen LogP contribution in [0.1, 0.15) is 42.0 Å². The summed E-state index contributed by atoms with van der Waals surface area (Å²) in [6, 6.07) is 0.00346. The van der Waals surface area contributed by atoms with E-state index in [-0.39, 0.29) is 6.04 Å². The summed E-state index contributed by atoms with van der Waals surface area (Å²) < 4.78 is 1.61. The Labute approximate surface area is 101 Å². The summed E-state index contributed by atoms with van der Waals surface area (Å²) in [6.45, 7) is 7.34. The lowest BCUT2D eigenvalue weighted by Gasteiger charge is -2.10. The number of carbonyl (C=O) groups is 2. The number of ketones is 1. The van der Waals surface area contributed by atoms with Crippen LogP contribution in [0.2, 0.25) is 0 Å². The largest absolute Gasteiger partial charge is 0.347 e. The number of rotatable bonds is 4. The highest BCUT2D eigenvalue weighted by molar-refractivity contribution is 6.43. The monoisotopic (exact) mass is 237 g/mol. The molecule has 0 spiro atoms. The molecular formula is C12H19N3O2. The Bertz CT molecular complexity index is 449. The predicted octanol–water partition coefficient (Wildman–Crippen LogP) is 1.13. The molecule has 1 aromatic heterocycles. The molecule has 0 saturated heterocycles. The molecule has 0 fully saturated rings. The molecule has 0 aliphatic rings. The molecule has 1 atom stereocenters. The van der Waals surface area contributed by atoms with Crippen molar-refractivity contribution in [1.82, 2.24) is 15.1 Å². The number of carbonyl (C=O) groups excluding carboxylic acids is 2. The maximum atomic E-state index is 12.0. The van der Waals surface area contributed by atoms with Crippen molar-refractivity contribution < 1.29 is 9.59 Å². The van der Waals surface area contributed by atoms with Crippen LogP contribution in [-0.4, -0.2) is 27.5 Å². The molecule has 1 rings (SSSR count). The molecule has 0 bridgehead atoms. The van der Waals surface area contributed by atoms with Gasteiger partial charge in [0.15, 0.2) is 0 Å². The van der Waals surface area contributed by atoms with Crippen molar-refractivity contribution >= 4 is 11.7 Å². The fourth-order valence-corrected chi connectivity index (χ4v) is 1.61. The second-order valence-electron chi connectivity index (χ2n) is 4.28. The average Bonchev–Trinajstić information content (AvgIpc) is 2.52. The minimum atomic E-state index is -0.557. The Morgan fingerprint density at radius 2 is 2.00 bits per heavy atom. The van der Waals surface area contributed by atoms with Gasteiger partial charge in [0, 0.05) is 18.8 Å². The number of hydrogen-bond acceptors (Lipinski definition) is 3.